The molecule has 0 spiro atoms. The van der Waals surface area contributed by atoms with Gasteiger partial charge < -0.3 is 5.32 Å². The average Bonchev–Trinajstić information content (AvgIpc) is 2.85. The molecule has 2 aromatic rings. The molecular weight excluding hydrogens is 346 g/mol. The molecule has 0 atom stereocenters. The summed E-state index contributed by atoms with van der Waals surface area (Å²) in [7, 11) is 0. The number of thiophene rings is 1. The van der Waals surface area contributed by atoms with Gasteiger partial charge in [0.2, 0.25) is 0 Å². The van der Waals surface area contributed by atoms with Gasteiger partial charge in [0.25, 0.3) is 11.6 Å². The molecule has 0 fully saturated rings. The summed E-state index contributed by atoms with van der Waals surface area (Å²) in [6, 6.07) is 7.73. The standard InChI is InChI=1S/C12H6BrN3O3S/c13-10-8(2-1-3-9(10)16(18)19)11(17)15-12-7(6-14)4-5-20-12/h1-5H,(H,15,17). The number of rotatable bonds is 3. The number of hydrogen-bond donors (Lipinski definition) is 1. The van der Waals surface area contributed by atoms with E-state index in [0.717, 1.165) is 0 Å². The van der Waals surface area contributed by atoms with Crippen LogP contribution in [0.5, 0.6) is 0 Å². The van der Waals surface area contributed by atoms with Crippen LogP contribution in [0.4, 0.5) is 10.7 Å². The first-order valence-corrected chi connectivity index (χ1v) is 6.93. The number of halogens is 1. The third kappa shape index (κ3) is 2.68. The van der Waals surface area contributed by atoms with Crippen LogP contribution in [0.25, 0.3) is 0 Å². The maximum atomic E-state index is 12.1. The number of carbonyl (C=O) groups is 1. The van der Waals surface area contributed by atoms with Gasteiger partial charge in [-0.1, -0.05) is 6.07 Å². The minimum Gasteiger partial charge on any atom is -0.312 e. The summed E-state index contributed by atoms with van der Waals surface area (Å²) in [6.07, 6.45) is 0. The molecule has 2 rings (SSSR count). The zero-order valence-corrected chi connectivity index (χ0v) is 12.2. The highest BCUT2D eigenvalue weighted by atomic mass is 79.9. The second kappa shape index (κ2) is 5.81. The van der Waals surface area contributed by atoms with Gasteiger partial charge >= 0.3 is 0 Å². The number of nitrogens with zero attached hydrogens (tertiary/aromatic N) is 2. The summed E-state index contributed by atoms with van der Waals surface area (Å²) in [5, 5.41) is 24.3. The molecule has 100 valence electrons. The number of benzene rings is 1. The predicted molar refractivity (Wildman–Crippen MR) is 77.8 cm³/mol. The van der Waals surface area contributed by atoms with Crippen molar-refractivity contribution in [3.63, 3.8) is 0 Å². The van der Waals surface area contributed by atoms with Crippen molar-refractivity contribution in [2.45, 2.75) is 0 Å². The first kappa shape index (κ1) is 14.2. The molecule has 1 heterocycles. The summed E-state index contributed by atoms with van der Waals surface area (Å²) < 4.78 is 0.109. The Kier molecular flexibility index (Phi) is 4.12. The number of carbonyl (C=O) groups excluding carboxylic acids is 1. The van der Waals surface area contributed by atoms with Crippen molar-refractivity contribution in [1.29, 1.82) is 5.26 Å². The highest BCUT2D eigenvalue weighted by Gasteiger charge is 2.20. The monoisotopic (exact) mass is 351 g/mol. The molecule has 0 saturated carbocycles. The van der Waals surface area contributed by atoms with Gasteiger partial charge in [0.05, 0.1) is 16.1 Å². The Morgan fingerprint density at radius 3 is 2.85 bits per heavy atom. The average molecular weight is 352 g/mol. The molecule has 0 aliphatic heterocycles. The van der Waals surface area contributed by atoms with Crippen LogP contribution in [-0.2, 0) is 0 Å². The molecule has 0 saturated heterocycles. The van der Waals surface area contributed by atoms with Crippen molar-refractivity contribution in [3.05, 3.63) is 55.4 Å². The molecule has 1 amide bonds. The molecule has 20 heavy (non-hydrogen) atoms. The summed E-state index contributed by atoms with van der Waals surface area (Å²) in [5.41, 5.74) is 0.297. The van der Waals surface area contributed by atoms with E-state index in [1.807, 2.05) is 6.07 Å². The molecule has 0 radical (unpaired) electrons. The fourth-order valence-corrected chi connectivity index (χ4v) is 2.82. The van der Waals surface area contributed by atoms with Gasteiger partial charge in [-0.15, -0.1) is 11.3 Å². The minimum atomic E-state index is -0.577. The Morgan fingerprint density at radius 2 is 2.20 bits per heavy atom. The van der Waals surface area contributed by atoms with Crippen molar-refractivity contribution in [1.82, 2.24) is 0 Å². The minimum absolute atomic E-state index is 0.109. The van der Waals surface area contributed by atoms with Crippen molar-refractivity contribution in [3.8, 4) is 6.07 Å². The lowest BCUT2D eigenvalue weighted by Gasteiger charge is -2.05. The van der Waals surface area contributed by atoms with E-state index in [1.54, 1.807) is 11.4 Å². The molecule has 8 heteroatoms. The Balaban J connectivity index is 2.33. The van der Waals surface area contributed by atoms with Crippen molar-refractivity contribution in [2.24, 2.45) is 0 Å². The maximum Gasteiger partial charge on any atom is 0.284 e. The lowest BCUT2D eigenvalue weighted by atomic mass is 10.2. The van der Waals surface area contributed by atoms with Gasteiger partial charge in [0, 0.05) is 6.07 Å². The molecular formula is C12H6BrN3O3S. The van der Waals surface area contributed by atoms with E-state index in [4.69, 9.17) is 5.26 Å². The zero-order chi connectivity index (χ0) is 14.7. The normalized spacial score (nSPS) is 9.80. The third-order valence-electron chi connectivity index (χ3n) is 2.43. The smallest absolute Gasteiger partial charge is 0.284 e. The lowest BCUT2D eigenvalue weighted by Crippen LogP contribution is -2.13. The van der Waals surface area contributed by atoms with E-state index in [0.29, 0.717) is 10.6 Å². The second-order valence-electron chi connectivity index (χ2n) is 3.63. The van der Waals surface area contributed by atoms with Crippen molar-refractivity contribution >= 4 is 43.9 Å². The van der Waals surface area contributed by atoms with Crippen molar-refractivity contribution < 1.29 is 9.72 Å². The second-order valence-corrected chi connectivity index (χ2v) is 5.33. The van der Waals surface area contributed by atoms with Crippen LogP contribution in [0.15, 0.2) is 34.1 Å². The van der Waals surface area contributed by atoms with Gasteiger partial charge in [0.15, 0.2) is 0 Å². The van der Waals surface area contributed by atoms with E-state index in [9.17, 15) is 14.9 Å². The lowest BCUT2D eigenvalue weighted by molar-refractivity contribution is -0.385. The molecule has 0 aliphatic carbocycles. The molecule has 1 aromatic carbocycles. The van der Waals surface area contributed by atoms with Gasteiger partial charge in [-0.3, -0.25) is 14.9 Å². The van der Waals surface area contributed by atoms with Crippen LogP contribution in [0.1, 0.15) is 15.9 Å². The molecule has 0 unspecified atom stereocenters. The highest BCUT2D eigenvalue weighted by molar-refractivity contribution is 9.10. The number of amides is 1. The molecule has 1 aromatic heterocycles. The summed E-state index contributed by atoms with van der Waals surface area (Å²) in [4.78, 5) is 22.3. The van der Waals surface area contributed by atoms with Gasteiger partial charge in [-0.2, -0.15) is 5.26 Å². The van der Waals surface area contributed by atoms with E-state index in [-0.39, 0.29) is 15.7 Å². The van der Waals surface area contributed by atoms with E-state index < -0.39 is 10.8 Å². The van der Waals surface area contributed by atoms with Crippen LogP contribution in [0.3, 0.4) is 0 Å². The van der Waals surface area contributed by atoms with Gasteiger partial charge in [-0.25, -0.2) is 0 Å². The molecule has 0 aliphatic rings. The van der Waals surface area contributed by atoms with Crippen LogP contribution in [-0.4, -0.2) is 10.8 Å². The fourth-order valence-electron chi connectivity index (χ4n) is 1.50. The van der Waals surface area contributed by atoms with Crippen LogP contribution in [0.2, 0.25) is 0 Å². The predicted octanol–water partition coefficient (Wildman–Crippen LogP) is 3.54. The van der Waals surface area contributed by atoms with Crippen LogP contribution >= 0.6 is 27.3 Å². The number of nitrogens with one attached hydrogen (secondary N) is 1. The van der Waals surface area contributed by atoms with Crippen LogP contribution in [0, 0.1) is 21.4 Å². The largest absolute Gasteiger partial charge is 0.312 e. The molecule has 1 N–H and O–H groups in total. The van der Waals surface area contributed by atoms with E-state index in [1.165, 1.54) is 29.5 Å². The summed E-state index contributed by atoms with van der Waals surface area (Å²) in [5.74, 6) is -0.514. The van der Waals surface area contributed by atoms with Gasteiger partial charge in [-0.05, 0) is 33.4 Å². The van der Waals surface area contributed by atoms with Crippen LogP contribution < -0.4 is 5.32 Å². The molecule has 0 bridgehead atoms. The zero-order valence-electron chi connectivity index (χ0n) is 9.79. The Morgan fingerprint density at radius 1 is 1.45 bits per heavy atom. The quantitative estimate of drug-likeness (QED) is 0.675. The topological polar surface area (TPSA) is 96.0 Å². The first-order valence-electron chi connectivity index (χ1n) is 5.26. The summed E-state index contributed by atoms with van der Waals surface area (Å²) >= 11 is 4.27. The Hall–Kier alpha value is -2.24. The number of hydrogen-bond acceptors (Lipinski definition) is 5. The maximum absolute atomic E-state index is 12.1. The number of nitro groups is 1. The SMILES string of the molecule is N#Cc1ccsc1NC(=O)c1cccc([N+](=O)[O-])c1Br. The van der Waals surface area contributed by atoms with E-state index in [2.05, 4.69) is 21.2 Å². The number of nitriles is 1. The number of nitro benzene ring substituents is 1. The van der Waals surface area contributed by atoms with Crippen molar-refractivity contribution in [2.75, 3.05) is 5.32 Å². The Bertz CT molecular complexity index is 736. The number of anilines is 1. The summed E-state index contributed by atoms with van der Waals surface area (Å²) in [6.45, 7) is 0. The highest BCUT2D eigenvalue weighted by Crippen LogP contribution is 2.30. The Labute approximate surface area is 125 Å². The van der Waals surface area contributed by atoms with Gasteiger partial charge in [0.1, 0.15) is 15.5 Å². The first-order chi connectivity index (χ1) is 9.54. The third-order valence-corrected chi connectivity index (χ3v) is 4.10. The molecule has 6 nitrogen and oxygen atoms in total. The van der Waals surface area contributed by atoms with E-state index >= 15 is 0 Å². The fraction of sp³-hybridized carbons (Fsp3) is 0.